The summed E-state index contributed by atoms with van der Waals surface area (Å²) < 4.78 is 1.94. The predicted molar refractivity (Wildman–Crippen MR) is 74.4 cm³/mol. The van der Waals surface area contributed by atoms with Crippen molar-refractivity contribution >= 4 is 0 Å². The second-order valence-electron chi connectivity index (χ2n) is 4.87. The van der Waals surface area contributed by atoms with Crippen LogP contribution in [0, 0.1) is 6.92 Å². The fourth-order valence-corrected chi connectivity index (χ4v) is 2.15. The molecule has 18 heavy (non-hydrogen) atoms. The van der Waals surface area contributed by atoms with Gasteiger partial charge in [0.15, 0.2) is 0 Å². The van der Waals surface area contributed by atoms with E-state index in [-0.39, 0.29) is 0 Å². The minimum Gasteiger partial charge on any atom is -0.308 e. The first-order chi connectivity index (χ1) is 8.65. The third-order valence-electron chi connectivity index (χ3n) is 3.12. The van der Waals surface area contributed by atoms with Crippen LogP contribution in [0.1, 0.15) is 23.9 Å². The Kier molecular flexibility index (Phi) is 4.15. The number of benzene rings is 1. The van der Waals surface area contributed by atoms with Gasteiger partial charge in [-0.15, -0.1) is 0 Å². The zero-order valence-corrected chi connectivity index (χ0v) is 11.4. The molecule has 0 aliphatic rings. The van der Waals surface area contributed by atoms with E-state index < -0.39 is 0 Å². The van der Waals surface area contributed by atoms with Crippen LogP contribution in [-0.4, -0.2) is 15.8 Å². The van der Waals surface area contributed by atoms with Gasteiger partial charge < -0.3 is 5.32 Å². The summed E-state index contributed by atoms with van der Waals surface area (Å²) in [6.07, 6.45) is 1.05. The zero-order chi connectivity index (χ0) is 13.0. The van der Waals surface area contributed by atoms with Gasteiger partial charge in [-0.1, -0.05) is 30.3 Å². The topological polar surface area (TPSA) is 29.9 Å². The number of hydrogen-bond donors (Lipinski definition) is 1. The van der Waals surface area contributed by atoms with Crippen LogP contribution in [0.15, 0.2) is 36.4 Å². The van der Waals surface area contributed by atoms with Gasteiger partial charge in [0.25, 0.3) is 0 Å². The Hall–Kier alpha value is -1.61. The molecule has 1 atom stereocenters. The van der Waals surface area contributed by atoms with Gasteiger partial charge in [0.1, 0.15) is 0 Å². The Morgan fingerprint density at radius 1 is 1.28 bits per heavy atom. The summed E-state index contributed by atoms with van der Waals surface area (Å²) in [4.78, 5) is 0. The maximum atomic E-state index is 4.35. The Morgan fingerprint density at radius 3 is 2.61 bits per heavy atom. The van der Waals surface area contributed by atoms with Gasteiger partial charge in [0, 0.05) is 19.6 Å². The van der Waals surface area contributed by atoms with Crippen LogP contribution in [-0.2, 0) is 20.0 Å². The Bertz CT molecular complexity index is 488. The molecule has 3 nitrogen and oxygen atoms in total. The molecule has 0 spiro atoms. The van der Waals surface area contributed by atoms with Crippen molar-refractivity contribution in [2.75, 3.05) is 0 Å². The lowest BCUT2D eigenvalue weighted by Crippen LogP contribution is -2.28. The Balaban J connectivity index is 1.85. The molecular formula is C15H21N3. The molecule has 96 valence electrons. The summed E-state index contributed by atoms with van der Waals surface area (Å²) in [5.41, 5.74) is 3.68. The highest BCUT2D eigenvalue weighted by Gasteiger charge is 2.05. The molecule has 0 aliphatic heterocycles. The lowest BCUT2D eigenvalue weighted by molar-refractivity contribution is 0.525. The smallest absolute Gasteiger partial charge is 0.0597 e. The third-order valence-corrected chi connectivity index (χ3v) is 3.12. The first-order valence-electron chi connectivity index (χ1n) is 6.42. The van der Waals surface area contributed by atoms with Crippen molar-refractivity contribution < 1.29 is 0 Å². The van der Waals surface area contributed by atoms with Crippen molar-refractivity contribution in [3.05, 3.63) is 53.3 Å². The molecule has 1 aromatic carbocycles. The van der Waals surface area contributed by atoms with E-state index in [1.54, 1.807) is 0 Å². The lowest BCUT2D eigenvalue weighted by Gasteiger charge is -2.13. The predicted octanol–water partition coefficient (Wildman–Crippen LogP) is 2.45. The van der Waals surface area contributed by atoms with Crippen molar-refractivity contribution in [1.82, 2.24) is 15.1 Å². The van der Waals surface area contributed by atoms with E-state index in [1.165, 1.54) is 11.3 Å². The Labute approximate surface area is 109 Å². The first-order valence-corrected chi connectivity index (χ1v) is 6.42. The fraction of sp³-hybridized carbons (Fsp3) is 0.400. The standard InChI is InChI=1S/C15H21N3/c1-12(9-14-7-5-4-6-8-14)16-11-15-10-13(2)17-18(15)3/h4-8,10,12,16H,9,11H2,1-3H3. The number of aryl methyl sites for hydroxylation is 2. The molecule has 2 rings (SSSR count). The van der Waals surface area contributed by atoms with E-state index >= 15 is 0 Å². The van der Waals surface area contributed by atoms with Gasteiger partial charge in [-0.25, -0.2) is 0 Å². The van der Waals surface area contributed by atoms with Crippen LogP contribution in [0.4, 0.5) is 0 Å². The molecule has 1 aromatic heterocycles. The second-order valence-corrected chi connectivity index (χ2v) is 4.87. The Morgan fingerprint density at radius 2 is 2.00 bits per heavy atom. The minimum absolute atomic E-state index is 0.461. The minimum atomic E-state index is 0.461. The van der Waals surface area contributed by atoms with Crippen molar-refractivity contribution in [3.8, 4) is 0 Å². The van der Waals surface area contributed by atoms with Crippen LogP contribution >= 0.6 is 0 Å². The number of hydrogen-bond acceptors (Lipinski definition) is 2. The van der Waals surface area contributed by atoms with E-state index in [9.17, 15) is 0 Å². The maximum Gasteiger partial charge on any atom is 0.0597 e. The largest absolute Gasteiger partial charge is 0.308 e. The molecule has 0 radical (unpaired) electrons. The fourth-order valence-electron chi connectivity index (χ4n) is 2.15. The van der Waals surface area contributed by atoms with E-state index in [2.05, 4.69) is 53.7 Å². The maximum absolute atomic E-state index is 4.35. The number of nitrogens with zero attached hydrogens (tertiary/aromatic N) is 2. The molecule has 0 saturated heterocycles. The lowest BCUT2D eigenvalue weighted by atomic mass is 10.1. The molecule has 0 saturated carbocycles. The van der Waals surface area contributed by atoms with Gasteiger partial charge in [-0.05, 0) is 31.9 Å². The van der Waals surface area contributed by atoms with Crippen LogP contribution < -0.4 is 5.32 Å². The van der Waals surface area contributed by atoms with E-state index in [4.69, 9.17) is 0 Å². The highest BCUT2D eigenvalue weighted by atomic mass is 15.3. The average molecular weight is 243 g/mol. The van der Waals surface area contributed by atoms with Crippen LogP contribution in [0.3, 0.4) is 0 Å². The SMILES string of the molecule is Cc1cc(CNC(C)Cc2ccccc2)n(C)n1. The van der Waals surface area contributed by atoms with Gasteiger partial charge in [-0.2, -0.15) is 5.10 Å². The summed E-state index contributed by atoms with van der Waals surface area (Å²) in [5.74, 6) is 0. The van der Waals surface area contributed by atoms with Gasteiger partial charge in [0.05, 0.1) is 11.4 Å². The summed E-state index contributed by atoms with van der Waals surface area (Å²) >= 11 is 0. The summed E-state index contributed by atoms with van der Waals surface area (Å²) in [7, 11) is 1.99. The van der Waals surface area contributed by atoms with E-state index in [0.717, 1.165) is 18.7 Å². The van der Waals surface area contributed by atoms with Gasteiger partial charge >= 0.3 is 0 Å². The van der Waals surface area contributed by atoms with Crippen LogP contribution in [0.25, 0.3) is 0 Å². The first kappa shape index (κ1) is 12.8. The molecule has 0 bridgehead atoms. The molecule has 1 N–H and O–H groups in total. The average Bonchev–Trinajstić information content (AvgIpc) is 2.66. The summed E-state index contributed by atoms with van der Waals surface area (Å²) in [6, 6.07) is 13.2. The number of aromatic nitrogens is 2. The number of rotatable bonds is 5. The highest BCUT2D eigenvalue weighted by Crippen LogP contribution is 2.05. The van der Waals surface area contributed by atoms with Gasteiger partial charge in [0.2, 0.25) is 0 Å². The molecule has 0 amide bonds. The normalized spacial score (nSPS) is 12.6. The summed E-state index contributed by atoms with van der Waals surface area (Å²) in [5, 5.41) is 7.89. The van der Waals surface area contributed by atoms with E-state index in [0.29, 0.717) is 6.04 Å². The third kappa shape index (κ3) is 3.44. The highest BCUT2D eigenvalue weighted by molar-refractivity contribution is 5.16. The second kappa shape index (κ2) is 5.83. The molecule has 1 heterocycles. The van der Waals surface area contributed by atoms with Gasteiger partial charge in [-0.3, -0.25) is 4.68 Å². The quantitative estimate of drug-likeness (QED) is 0.874. The molecule has 3 heteroatoms. The number of nitrogens with one attached hydrogen (secondary N) is 1. The van der Waals surface area contributed by atoms with Crippen molar-refractivity contribution in [2.24, 2.45) is 7.05 Å². The van der Waals surface area contributed by atoms with Crippen molar-refractivity contribution in [1.29, 1.82) is 0 Å². The zero-order valence-electron chi connectivity index (χ0n) is 11.4. The van der Waals surface area contributed by atoms with Crippen molar-refractivity contribution in [2.45, 2.75) is 32.9 Å². The molecule has 1 unspecified atom stereocenters. The molecule has 0 aliphatic carbocycles. The molecular weight excluding hydrogens is 222 g/mol. The molecule has 2 aromatic rings. The van der Waals surface area contributed by atoms with E-state index in [1.807, 2.05) is 18.7 Å². The van der Waals surface area contributed by atoms with Crippen LogP contribution in [0.5, 0.6) is 0 Å². The monoisotopic (exact) mass is 243 g/mol. The van der Waals surface area contributed by atoms with Crippen molar-refractivity contribution in [3.63, 3.8) is 0 Å². The molecule has 0 fully saturated rings. The summed E-state index contributed by atoms with van der Waals surface area (Å²) in [6.45, 7) is 5.11. The van der Waals surface area contributed by atoms with Crippen LogP contribution in [0.2, 0.25) is 0 Å².